The lowest BCUT2D eigenvalue weighted by Gasteiger charge is -2.41. The molecule has 0 bridgehead atoms. The Kier molecular flexibility index (Phi) is 7.59. The van der Waals surface area contributed by atoms with Gasteiger partial charge >= 0.3 is 28.5 Å². The van der Waals surface area contributed by atoms with Crippen molar-refractivity contribution in [1.29, 1.82) is 0 Å². The molecule has 0 amide bonds. The fourth-order valence-electron chi connectivity index (χ4n) is 2.58. The first kappa shape index (κ1) is 28.7. The summed E-state index contributed by atoms with van der Waals surface area (Å²) in [5, 5.41) is 8.89. The smallest absolute Gasteiger partial charge is 0.475 e. The van der Waals surface area contributed by atoms with Gasteiger partial charge in [0.05, 0.1) is 18.8 Å². The summed E-state index contributed by atoms with van der Waals surface area (Å²) < 4.78 is 123. The highest BCUT2D eigenvalue weighted by Crippen LogP contribution is 3.02. The summed E-state index contributed by atoms with van der Waals surface area (Å²) in [6.45, 7) is -1.88. The summed E-state index contributed by atoms with van der Waals surface area (Å²) in [6, 6.07) is -0.0797. The van der Waals surface area contributed by atoms with Crippen molar-refractivity contribution in [2.75, 3.05) is 20.0 Å². The molecule has 0 N–H and O–H groups in total. The fraction of sp³-hybridized carbons (Fsp3) is 0.412. The number of hydrogen-bond donors (Lipinski definition) is 0. The van der Waals surface area contributed by atoms with Gasteiger partial charge in [-0.15, -0.1) is 10.1 Å². The third kappa shape index (κ3) is 8.31. The Morgan fingerprint density at radius 2 is 1.67 bits per heavy atom. The number of benzene rings is 1. The molecule has 0 aromatic heterocycles. The number of esters is 1. The Bertz CT molecular complexity index is 1060. The fourth-order valence-corrected chi connectivity index (χ4v) is 3.26. The molecule has 0 saturated carbocycles. The molecule has 204 valence electrons. The van der Waals surface area contributed by atoms with Crippen molar-refractivity contribution in [3.63, 3.8) is 0 Å². The maximum absolute atomic E-state index is 13.3. The van der Waals surface area contributed by atoms with E-state index in [9.17, 15) is 52.3 Å². The Hall–Kier alpha value is -3.51. The zero-order valence-electron chi connectivity index (χ0n) is 17.5. The van der Waals surface area contributed by atoms with Crippen molar-refractivity contribution in [1.82, 2.24) is 0 Å². The summed E-state index contributed by atoms with van der Waals surface area (Å²) in [6.07, 6.45) is -9.30. The van der Waals surface area contributed by atoms with Gasteiger partial charge in [0.2, 0.25) is 12.9 Å². The van der Waals surface area contributed by atoms with Crippen molar-refractivity contribution in [3.8, 4) is 5.75 Å². The number of carbonyl (C=O) groups excluding carboxylic acids is 2. The van der Waals surface area contributed by atoms with Gasteiger partial charge in [-0.2, -0.15) is 13.2 Å². The average Bonchev–Trinajstić information content (AvgIpc) is 2.72. The Morgan fingerprint density at radius 1 is 1.03 bits per heavy atom. The van der Waals surface area contributed by atoms with Crippen LogP contribution in [0.2, 0.25) is 0 Å². The van der Waals surface area contributed by atoms with Crippen LogP contribution in [-0.4, -0.2) is 49.5 Å². The lowest BCUT2D eigenvalue weighted by atomic mass is 10.0. The van der Waals surface area contributed by atoms with E-state index in [1.807, 2.05) is 0 Å². The first-order valence-electron chi connectivity index (χ1n) is 9.35. The van der Waals surface area contributed by atoms with Gasteiger partial charge in [-0.25, -0.2) is 9.59 Å². The Labute approximate surface area is 195 Å². The Balaban J connectivity index is 2.05. The van der Waals surface area contributed by atoms with Crippen molar-refractivity contribution in [2.24, 2.45) is 0 Å². The lowest BCUT2D eigenvalue weighted by molar-refractivity contribution is -0.757. The van der Waals surface area contributed by atoms with Crippen molar-refractivity contribution < 1.29 is 71.1 Å². The molecule has 0 fully saturated rings. The van der Waals surface area contributed by atoms with E-state index < -0.39 is 68.3 Å². The summed E-state index contributed by atoms with van der Waals surface area (Å²) in [7, 11) is -10.2. The molecule has 19 heteroatoms. The summed E-state index contributed by atoms with van der Waals surface area (Å²) in [5.41, 5.74) is -2.31. The van der Waals surface area contributed by atoms with Crippen LogP contribution in [0.1, 0.15) is 18.4 Å². The molecule has 0 saturated heterocycles. The summed E-state index contributed by atoms with van der Waals surface area (Å²) in [4.78, 5) is 35.0. The molecule has 0 aliphatic carbocycles. The van der Waals surface area contributed by atoms with Crippen LogP contribution in [0.4, 0.5) is 37.4 Å². The predicted molar refractivity (Wildman–Crippen MR) is 102 cm³/mol. The van der Waals surface area contributed by atoms with Gasteiger partial charge in [-0.05, 0) is 37.1 Å². The van der Waals surface area contributed by atoms with Gasteiger partial charge in [-0.1, -0.05) is 19.4 Å². The van der Waals surface area contributed by atoms with E-state index in [2.05, 4.69) is 23.8 Å². The second-order valence-corrected chi connectivity index (χ2v) is 9.27. The van der Waals surface area contributed by atoms with Crippen molar-refractivity contribution >= 4 is 28.4 Å². The zero-order valence-corrected chi connectivity index (χ0v) is 18.3. The standard InChI is InChI=1S/C17H15F8NO9S/c18-17(19,20)14-12(8-10-7-11(3-4-13(10)35-14)36(21,22,23,24)25)15(27)32-9-33-16(28)31-5-1-2-6-34-26(29)30/h3-4,7-8,14H,1-2,5-6,9H2. The van der Waals surface area contributed by atoms with E-state index >= 15 is 0 Å². The molecule has 1 unspecified atom stereocenters. The van der Waals surface area contributed by atoms with Crippen LogP contribution in [0.5, 0.6) is 5.75 Å². The SMILES string of the molecule is O=C(OCCCCO[N+](=O)[O-])OCOC(=O)C1=Cc2cc(S(F)(F)(F)(F)F)ccc2OC1C(F)(F)F. The topological polar surface area (TPSA) is 123 Å². The van der Waals surface area contributed by atoms with Crippen LogP contribution in [-0.2, 0) is 23.8 Å². The molecular formula is C17H15F8NO9S. The molecule has 1 aromatic carbocycles. The number of hydrogen-bond acceptors (Lipinski definition) is 9. The maximum atomic E-state index is 13.3. The van der Waals surface area contributed by atoms with Gasteiger partial charge < -0.3 is 23.8 Å². The summed E-state index contributed by atoms with van der Waals surface area (Å²) >= 11 is 0. The highest BCUT2D eigenvalue weighted by Gasteiger charge is 2.65. The monoisotopic (exact) mass is 561 g/mol. The molecule has 1 aliphatic heterocycles. The number of nitrogens with zero attached hydrogens (tertiary/aromatic N) is 1. The highest BCUT2D eigenvalue weighted by molar-refractivity contribution is 8.45. The minimum absolute atomic E-state index is 0.0978. The molecular weight excluding hydrogens is 546 g/mol. The number of unbranched alkanes of at least 4 members (excludes halogenated alkanes) is 1. The minimum atomic E-state index is -10.2. The number of alkyl halides is 3. The molecule has 1 heterocycles. The normalized spacial score (nSPS) is 17.3. The van der Waals surface area contributed by atoms with Gasteiger partial charge in [-0.3, -0.25) is 0 Å². The zero-order chi connectivity index (χ0) is 27.4. The van der Waals surface area contributed by atoms with Crippen LogP contribution in [0.25, 0.3) is 6.08 Å². The highest BCUT2D eigenvalue weighted by atomic mass is 32.5. The minimum Gasteiger partial charge on any atom is -0.475 e. The largest absolute Gasteiger partial charge is 0.511 e. The van der Waals surface area contributed by atoms with Crippen LogP contribution >= 0.6 is 10.2 Å². The van der Waals surface area contributed by atoms with Crippen LogP contribution in [0.3, 0.4) is 0 Å². The molecule has 1 aliphatic rings. The second-order valence-electron chi connectivity index (χ2n) is 6.86. The lowest BCUT2D eigenvalue weighted by Crippen LogP contribution is -2.41. The molecule has 0 radical (unpaired) electrons. The first-order valence-corrected chi connectivity index (χ1v) is 11.3. The van der Waals surface area contributed by atoms with Gasteiger partial charge in [0, 0.05) is 5.56 Å². The third-order valence-electron chi connectivity index (χ3n) is 4.12. The Morgan fingerprint density at radius 3 is 2.25 bits per heavy atom. The third-order valence-corrected chi connectivity index (χ3v) is 5.26. The van der Waals surface area contributed by atoms with Crippen molar-refractivity contribution in [2.45, 2.75) is 30.0 Å². The van der Waals surface area contributed by atoms with E-state index in [0.29, 0.717) is 0 Å². The number of halogens is 8. The molecule has 1 aromatic rings. The van der Waals surface area contributed by atoms with E-state index in [1.165, 1.54) is 0 Å². The number of ether oxygens (including phenoxy) is 4. The predicted octanol–water partition coefficient (Wildman–Crippen LogP) is 5.69. The average molecular weight is 561 g/mol. The van der Waals surface area contributed by atoms with E-state index in [0.717, 1.165) is 0 Å². The number of fused-ring (bicyclic) bond motifs is 1. The van der Waals surface area contributed by atoms with E-state index in [4.69, 9.17) is 0 Å². The molecule has 36 heavy (non-hydrogen) atoms. The van der Waals surface area contributed by atoms with Crippen LogP contribution in [0, 0.1) is 10.1 Å². The second kappa shape index (κ2) is 9.51. The maximum Gasteiger partial charge on any atom is 0.511 e. The summed E-state index contributed by atoms with van der Waals surface area (Å²) in [5.74, 6) is -2.70. The molecule has 10 nitrogen and oxygen atoms in total. The van der Waals surface area contributed by atoms with Crippen LogP contribution in [0.15, 0.2) is 28.7 Å². The van der Waals surface area contributed by atoms with Crippen LogP contribution < -0.4 is 4.74 Å². The van der Waals surface area contributed by atoms with E-state index in [1.54, 1.807) is 0 Å². The van der Waals surface area contributed by atoms with E-state index in [-0.39, 0.29) is 50.3 Å². The molecule has 0 spiro atoms. The first-order chi connectivity index (χ1) is 16.3. The van der Waals surface area contributed by atoms with Gasteiger partial charge in [0.1, 0.15) is 10.6 Å². The number of rotatable bonds is 10. The quantitative estimate of drug-likeness (QED) is 0.0885. The van der Waals surface area contributed by atoms with Gasteiger partial charge in [0.25, 0.3) is 5.09 Å². The van der Waals surface area contributed by atoms with Gasteiger partial charge in [0.15, 0.2) is 0 Å². The molecule has 1 atom stereocenters. The number of carbonyl (C=O) groups is 2. The molecule has 2 rings (SSSR count). The van der Waals surface area contributed by atoms with Crippen molar-refractivity contribution in [3.05, 3.63) is 39.4 Å².